The summed E-state index contributed by atoms with van der Waals surface area (Å²) in [6.07, 6.45) is 0.915. The highest BCUT2D eigenvalue weighted by atomic mass is 79.9. The van der Waals surface area contributed by atoms with E-state index in [1.54, 1.807) is 7.11 Å². The van der Waals surface area contributed by atoms with Crippen molar-refractivity contribution in [3.63, 3.8) is 0 Å². The third kappa shape index (κ3) is 3.37. The molecule has 1 N–H and O–H groups in total. The summed E-state index contributed by atoms with van der Waals surface area (Å²) < 4.78 is 6.59. The molecule has 2 rings (SSSR count). The van der Waals surface area contributed by atoms with Gasteiger partial charge in [-0.3, -0.25) is 0 Å². The van der Waals surface area contributed by atoms with Crippen LogP contribution < -0.4 is 10.1 Å². The van der Waals surface area contributed by atoms with Crippen LogP contribution in [0.15, 0.2) is 53.0 Å². The normalized spacial score (nSPS) is 12.2. The van der Waals surface area contributed by atoms with Crippen LogP contribution >= 0.6 is 15.9 Å². The summed E-state index contributed by atoms with van der Waals surface area (Å²) in [6, 6.07) is 16.7. The number of hydrogen-bond donors (Lipinski definition) is 1. The number of likely N-dealkylation sites (N-methyl/N-ethyl adjacent to an activating group) is 1. The van der Waals surface area contributed by atoms with E-state index in [1.807, 2.05) is 31.3 Å². The molecule has 0 bridgehead atoms. The van der Waals surface area contributed by atoms with Crippen LogP contribution in [0.25, 0.3) is 0 Å². The topological polar surface area (TPSA) is 21.3 Å². The molecule has 2 nitrogen and oxygen atoms in total. The van der Waals surface area contributed by atoms with Crippen LogP contribution in [0, 0.1) is 0 Å². The molecule has 0 aromatic heterocycles. The summed E-state index contributed by atoms with van der Waals surface area (Å²) in [7, 11) is 3.69. The molecule has 0 aliphatic heterocycles. The van der Waals surface area contributed by atoms with Gasteiger partial charge in [0, 0.05) is 16.1 Å². The SMILES string of the molecule is CNC(Cc1ccccc1Br)c1ccccc1OC. The van der Waals surface area contributed by atoms with Crippen LogP contribution in [-0.2, 0) is 6.42 Å². The Hall–Kier alpha value is -1.32. The van der Waals surface area contributed by atoms with Crippen molar-refractivity contribution in [1.82, 2.24) is 5.32 Å². The van der Waals surface area contributed by atoms with Gasteiger partial charge in [0.2, 0.25) is 0 Å². The molecule has 0 amide bonds. The molecular formula is C16H18BrNO. The van der Waals surface area contributed by atoms with E-state index in [0.717, 1.165) is 16.6 Å². The van der Waals surface area contributed by atoms with Crippen LogP contribution in [0.1, 0.15) is 17.2 Å². The highest BCUT2D eigenvalue weighted by Gasteiger charge is 2.15. The molecule has 19 heavy (non-hydrogen) atoms. The van der Waals surface area contributed by atoms with E-state index >= 15 is 0 Å². The van der Waals surface area contributed by atoms with Crippen LogP contribution in [0.5, 0.6) is 5.75 Å². The van der Waals surface area contributed by atoms with E-state index < -0.39 is 0 Å². The van der Waals surface area contributed by atoms with Crippen molar-refractivity contribution in [3.8, 4) is 5.75 Å². The zero-order valence-electron chi connectivity index (χ0n) is 11.2. The van der Waals surface area contributed by atoms with Gasteiger partial charge in [-0.1, -0.05) is 52.3 Å². The van der Waals surface area contributed by atoms with Crippen LogP contribution in [0.2, 0.25) is 0 Å². The summed E-state index contributed by atoms with van der Waals surface area (Å²) in [5.74, 6) is 0.925. The van der Waals surface area contributed by atoms with Crippen molar-refractivity contribution in [3.05, 3.63) is 64.1 Å². The Balaban J connectivity index is 2.28. The lowest BCUT2D eigenvalue weighted by Crippen LogP contribution is -2.19. The average molecular weight is 320 g/mol. The first-order valence-corrected chi connectivity index (χ1v) is 7.09. The van der Waals surface area contributed by atoms with E-state index in [0.29, 0.717) is 0 Å². The molecule has 1 atom stereocenters. The molecular weight excluding hydrogens is 302 g/mol. The molecule has 2 aromatic rings. The van der Waals surface area contributed by atoms with Crippen LogP contribution in [0.3, 0.4) is 0 Å². The molecule has 0 heterocycles. The van der Waals surface area contributed by atoms with E-state index in [9.17, 15) is 0 Å². The molecule has 1 unspecified atom stereocenters. The first-order chi connectivity index (χ1) is 9.26. The number of halogens is 1. The van der Waals surface area contributed by atoms with Crippen LogP contribution in [-0.4, -0.2) is 14.2 Å². The molecule has 0 saturated heterocycles. The molecule has 0 aliphatic carbocycles. The van der Waals surface area contributed by atoms with Crippen molar-refractivity contribution in [2.75, 3.05) is 14.2 Å². The largest absolute Gasteiger partial charge is 0.496 e. The fourth-order valence-electron chi connectivity index (χ4n) is 2.21. The molecule has 0 spiro atoms. The minimum Gasteiger partial charge on any atom is -0.496 e. The van der Waals surface area contributed by atoms with Crippen molar-refractivity contribution < 1.29 is 4.74 Å². The van der Waals surface area contributed by atoms with Crippen molar-refractivity contribution in [1.29, 1.82) is 0 Å². The van der Waals surface area contributed by atoms with Gasteiger partial charge in [-0.2, -0.15) is 0 Å². The number of rotatable bonds is 5. The third-order valence-corrected chi connectivity index (χ3v) is 4.02. The molecule has 0 saturated carbocycles. The Morgan fingerprint density at radius 2 is 1.79 bits per heavy atom. The fourth-order valence-corrected chi connectivity index (χ4v) is 2.65. The number of methoxy groups -OCH3 is 1. The first kappa shape index (κ1) is 14.1. The second-order valence-corrected chi connectivity index (χ2v) is 5.23. The van der Waals surface area contributed by atoms with Crippen molar-refractivity contribution in [2.24, 2.45) is 0 Å². The summed E-state index contributed by atoms with van der Waals surface area (Å²) in [4.78, 5) is 0. The number of para-hydroxylation sites is 1. The maximum absolute atomic E-state index is 5.44. The predicted molar refractivity (Wildman–Crippen MR) is 82.6 cm³/mol. The van der Waals surface area contributed by atoms with Gasteiger partial charge in [0.25, 0.3) is 0 Å². The lowest BCUT2D eigenvalue weighted by atomic mass is 9.98. The molecule has 0 radical (unpaired) electrons. The molecule has 0 aliphatic rings. The second-order valence-electron chi connectivity index (χ2n) is 4.38. The summed E-state index contributed by atoms with van der Waals surface area (Å²) in [6.45, 7) is 0. The lowest BCUT2D eigenvalue weighted by Gasteiger charge is -2.20. The molecule has 3 heteroatoms. The Kier molecular flexibility index (Phi) is 5.00. The maximum atomic E-state index is 5.44. The number of benzene rings is 2. The number of hydrogen-bond acceptors (Lipinski definition) is 2. The fraction of sp³-hybridized carbons (Fsp3) is 0.250. The second kappa shape index (κ2) is 6.73. The monoisotopic (exact) mass is 319 g/mol. The summed E-state index contributed by atoms with van der Waals surface area (Å²) in [5, 5.41) is 3.37. The Bertz CT molecular complexity index is 542. The standard InChI is InChI=1S/C16H18BrNO/c1-18-15(11-12-7-3-5-9-14(12)17)13-8-4-6-10-16(13)19-2/h3-10,15,18H,11H2,1-2H3. The Labute approximate surface area is 122 Å². The van der Waals surface area contributed by atoms with Gasteiger partial charge in [0.05, 0.1) is 7.11 Å². The van der Waals surface area contributed by atoms with Crippen molar-refractivity contribution in [2.45, 2.75) is 12.5 Å². The zero-order chi connectivity index (χ0) is 13.7. The van der Waals surface area contributed by atoms with Gasteiger partial charge in [-0.15, -0.1) is 0 Å². The van der Waals surface area contributed by atoms with Crippen LogP contribution in [0.4, 0.5) is 0 Å². The van der Waals surface area contributed by atoms with Crippen molar-refractivity contribution >= 4 is 15.9 Å². The quantitative estimate of drug-likeness (QED) is 0.900. The van der Waals surface area contributed by atoms with Gasteiger partial charge >= 0.3 is 0 Å². The van der Waals surface area contributed by atoms with Gasteiger partial charge in [-0.05, 0) is 31.2 Å². The lowest BCUT2D eigenvalue weighted by molar-refractivity contribution is 0.401. The van der Waals surface area contributed by atoms with E-state index in [4.69, 9.17) is 4.74 Å². The van der Waals surface area contributed by atoms with Gasteiger partial charge in [-0.25, -0.2) is 0 Å². The smallest absolute Gasteiger partial charge is 0.123 e. The predicted octanol–water partition coefficient (Wildman–Crippen LogP) is 3.96. The minimum absolute atomic E-state index is 0.231. The highest BCUT2D eigenvalue weighted by molar-refractivity contribution is 9.10. The maximum Gasteiger partial charge on any atom is 0.123 e. The third-order valence-electron chi connectivity index (χ3n) is 3.24. The van der Waals surface area contributed by atoms with E-state index in [-0.39, 0.29) is 6.04 Å². The molecule has 2 aromatic carbocycles. The molecule has 100 valence electrons. The van der Waals surface area contributed by atoms with Gasteiger partial charge < -0.3 is 10.1 Å². The van der Waals surface area contributed by atoms with Gasteiger partial charge in [0.15, 0.2) is 0 Å². The minimum atomic E-state index is 0.231. The summed E-state index contributed by atoms with van der Waals surface area (Å²) in [5.41, 5.74) is 2.47. The zero-order valence-corrected chi connectivity index (χ0v) is 12.8. The van der Waals surface area contributed by atoms with E-state index in [2.05, 4.69) is 45.5 Å². The molecule has 0 fully saturated rings. The number of ether oxygens (including phenoxy) is 1. The van der Waals surface area contributed by atoms with Gasteiger partial charge in [0.1, 0.15) is 5.75 Å². The number of nitrogens with one attached hydrogen (secondary N) is 1. The van der Waals surface area contributed by atoms with E-state index in [1.165, 1.54) is 11.1 Å². The Morgan fingerprint density at radius 1 is 1.11 bits per heavy atom. The first-order valence-electron chi connectivity index (χ1n) is 6.30. The summed E-state index contributed by atoms with van der Waals surface area (Å²) >= 11 is 3.60. The average Bonchev–Trinajstić information content (AvgIpc) is 2.46. The highest BCUT2D eigenvalue weighted by Crippen LogP contribution is 2.29. The Morgan fingerprint density at radius 3 is 2.47 bits per heavy atom.